The summed E-state index contributed by atoms with van der Waals surface area (Å²) in [6.07, 6.45) is 2.09. The monoisotopic (exact) mass is 341 g/mol. The third-order valence-electron chi connectivity index (χ3n) is 3.50. The lowest BCUT2D eigenvalue weighted by Gasteiger charge is -2.04. The number of carbonyl (C=O) groups excluding carboxylic acids is 1. The number of benzene rings is 1. The number of fused-ring (bicyclic) bond motifs is 1. The van der Waals surface area contributed by atoms with E-state index in [9.17, 15) is 4.79 Å². The number of rotatable bonds is 8. The highest BCUT2D eigenvalue weighted by molar-refractivity contribution is 5.88. The highest BCUT2D eigenvalue weighted by Gasteiger charge is 2.09. The summed E-state index contributed by atoms with van der Waals surface area (Å²) in [4.78, 5) is 14.7. The first-order valence-electron chi connectivity index (χ1n) is 7.38. The molecule has 2 rings (SSSR count). The molecule has 4 N–H and O–H groups in total. The van der Waals surface area contributed by atoms with Gasteiger partial charge in [0.05, 0.1) is 19.7 Å². The minimum absolute atomic E-state index is 0. The number of aromatic amines is 1. The fourth-order valence-electron chi connectivity index (χ4n) is 2.38. The molecule has 0 spiro atoms. The Morgan fingerprint density at radius 3 is 2.70 bits per heavy atom. The number of aromatic nitrogens is 1. The van der Waals surface area contributed by atoms with Crippen LogP contribution in [-0.2, 0) is 11.2 Å². The maximum atomic E-state index is 11.3. The van der Waals surface area contributed by atoms with E-state index in [4.69, 9.17) is 15.2 Å². The van der Waals surface area contributed by atoms with Crippen molar-refractivity contribution in [3.63, 3.8) is 0 Å². The van der Waals surface area contributed by atoms with Crippen molar-refractivity contribution < 1.29 is 14.3 Å². The first-order chi connectivity index (χ1) is 10.7. The first-order valence-corrected chi connectivity index (χ1v) is 7.38. The first kappa shape index (κ1) is 19.1. The molecule has 1 aromatic carbocycles. The number of methoxy groups -OCH3 is 2. The van der Waals surface area contributed by atoms with Gasteiger partial charge in [-0.25, -0.2) is 0 Å². The molecule has 0 atom stereocenters. The zero-order valence-electron chi connectivity index (χ0n) is 13.5. The van der Waals surface area contributed by atoms with Crippen molar-refractivity contribution in [1.29, 1.82) is 0 Å². The molecule has 2 aromatic rings. The van der Waals surface area contributed by atoms with Crippen LogP contribution in [0.2, 0.25) is 0 Å². The molecule has 1 heterocycles. The smallest absolute Gasteiger partial charge is 0.221 e. The van der Waals surface area contributed by atoms with E-state index in [2.05, 4.69) is 16.4 Å². The molecular weight excluding hydrogens is 318 g/mol. The second-order valence-corrected chi connectivity index (χ2v) is 5.08. The SMILES string of the molecule is COc1cc(OC)c2cc(CCCNC(=O)CCN)[nH]c2c1.Cl. The van der Waals surface area contributed by atoms with Crippen LogP contribution < -0.4 is 20.5 Å². The number of carbonyl (C=O) groups is 1. The van der Waals surface area contributed by atoms with Gasteiger partial charge in [0.15, 0.2) is 0 Å². The summed E-state index contributed by atoms with van der Waals surface area (Å²) < 4.78 is 10.7. The molecule has 0 saturated heterocycles. The van der Waals surface area contributed by atoms with E-state index in [0.29, 0.717) is 19.5 Å². The normalized spacial score (nSPS) is 10.2. The molecule has 6 nitrogen and oxygen atoms in total. The Hall–Kier alpha value is -1.92. The van der Waals surface area contributed by atoms with Crippen LogP contribution in [0.3, 0.4) is 0 Å². The molecular formula is C16H24ClN3O3. The Kier molecular flexibility index (Phi) is 7.71. The van der Waals surface area contributed by atoms with Gasteiger partial charge in [0.25, 0.3) is 0 Å². The van der Waals surface area contributed by atoms with E-state index in [-0.39, 0.29) is 18.3 Å². The van der Waals surface area contributed by atoms with Crippen LogP contribution in [0.25, 0.3) is 10.9 Å². The van der Waals surface area contributed by atoms with Crippen molar-refractivity contribution in [2.24, 2.45) is 5.73 Å². The fraction of sp³-hybridized carbons (Fsp3) is 0.438. The quantitative estimate of drug-likeness (QED) is 0.641. The molecule has 1 amide bonds. The molecule has 0 aliphatic rings. The predicted octanol–water partition coefficient (Wildman–Crippen LogP) is 2.00. The molecule has 0 radical (unpaired) electrons. The molecule has 23 heavy (non-hydrogen) atoms. The van der Waals surface area contributed by atoms with E-state index in [1.165, 1.54) is 0 Å². The van der Waals surface area contributed by atoms with Gasteiger partial charge in [-0.2, -0.15) is 0 Å². The number of halogens is 1. The molecule has 0 aliphatic heterocycles. The summed E-state index contributed by atoms with van der Waals surface area (Å²) in [6.45, 7) is 1.03. The van der Waals surface area contributed by atoms with Gasteiger partial charge in [-0.1, -0.05) is 0 Å². The molecule has 0 saturated carbocycles. The van der Waals surface area contributed by atoms with Crippen LogP contribution >= 0.6 is 12.4 Å². The average Bonchev–Trinajstić information content (AvgIpc) is 2.93. The van der Waals surface area contributed by atoms with Crippen molar-refractivity contribution in [3.05, 3.63) is 23.9 Å². The van der Waals surface area contributed by atoms with Crippen LogP contribution in [0.4, 0.5) is 0 Å². The highest BCUT2D eigenvalue weighted by Crippen LogP contribution is 2.31. The van der Waals surface area contributed by atoms with Crippen molar-refractivity contribution >= 4 is 29.2 Å². The van der Waals surface area contributed by atoms with E-state index in [0.717, 1.165) is 40.9 Å². The van der Waals surface area contributed by atoms with Crippen LogP contribution in [0.15, 0.2) is 18.2 Å². The Bertz CT molecular complexity index is 643. The summed E-state index contributed by atoms with van der Waals surface area (Å²) in [5.41, 5.74) is 7.42. The number of nitrogens with two attached hydrogens (primary N) is 1. The van der Waals surface area contributed by atoms with E-state index >= 15 is 0 Å². The summed E-state index contributed by atoms with van der Waals surface area (Å²) in [7, 11) is 3.28. The maximum Gasteiger partial charge on any atom is 0.221 e. The number of amides is 1. The van der Waals surface area contributed by atoms with Crippen LogP contribution in [0.1, 0.15) is 18.5 Å². The zero-order chi connectivity index (χ0) is 15.9. The Morgan fingerprint density at radius 1 is 1.26 bits per heavy atom. The summed E-state index contributed by atoms with van der Waals surface area (Å²) in [5, 5.41) is 3.88. The highest BCUT2D eigenvalue weighted by atomic mass is 35.5. The molecule has 0 fully saturated rings. The lowest BCUT2D eigenvalue weighted by atomic mass is 10.2. The zero-order valence-corrected chi connectivity index (χ0v) is 14.3. The van der Waals surface area contributed by atoms with Gasteiger partial charge in [-0.05, 0) is 18.9 Å². The van der Waals surface area contributed by atoms with Crippen LogP contribution in [-0.4, -0.2) is 38.2 Å². The Morgan fingerprint density at radius 2 is 2.04 bits per heavy atom. The predicted molar refractivity (Wildman–Crippen MR) is 93.7 cm³/mol. The lowest BCUT2D eigenvalue weighted by molar-refractivity contribution is -0.120. The number of hydrogen-bond donors (Lipinski definition) is 3. The van der Waals surface area contributed by atoms with Gasteiger partial charge in [-0.3, -0.25) is 4.79 Å². The van der Waals surface area contributed by atoms with E-state index in [1.54, 1.807) is 14.2 Å². The minimum Gasteiger partial charge on any atom is -0.497 e. The van der Waals surface area contributed by atoms with Crippen LogP contribution in [0, 0.1) is 0 Å². The van der Waals surface area contributed by atoms with Gasteiger partial charge >= 0.3 is 0 Å². The number of hydrogen-bond acceptors (Lipinski definition) is 4. The standard InChI is InChI=1S/C16H23N3O3.ClH/c1-21-12-9-14-13(15(10-12)22-2)8-11(19-14)4-3-7-18-16(20)5-6-17;/h8-10,19H,3-7,17H2,1-2H3,(H,18,20);1H. The maximum absolute atomic E-state index is 11.3. The fourth-order valence-corrected chi connectivity index (χ4v) is 2.38. The van der Waals surface area contributed by atoms with E-state index < -0.39 is 0 Å². The summed E-state index contributed by atoms with van der Waals surface area (Å²) >= 11 is 0. The molecule has 0 unspecified atom stereocenters. The number of H-pyrrole nitrogens is 1. The van der Waals surface area contributed by atoms with Crippen molar-refractivity contribution in [2.45, 2.75) is 19.3 Å². The third kappa shape index (κ3) is 5.04. The van der Waals surface area contributed by atoms with Crippen LogP contribution in [0.5, 0.6) is 11.5 Å². The Labute approximate surface area is 142 Å². The van der Waals surface area contributed by atoms with Gasteiger partial charge in [-0.15, -0.1) is 12.4 Å². The second-order valence-electron chi connectivity index (χ2n) is 5.08. The van der Waals surface area contributed by atoms with Crippen molar-refractivity contribution in [1.82, 2.24) is 10.3 Å². The molecule has 128 valence electrons. The molecule has 1 aromatic heterocycles. The van der Waals surface area contributed by atoms with Gasteiger partial charge in [0.2, 0.25) is 5.91 Å². The summed E-state index contributed by atoms with van der Waals surface area (Å²) in [5.74, 6) is 1.55. The largest absolute Gasteiger partial charge is 0.497 e. The molecule has 0 bridgehead atoms. The third-order valence-corrected chi connectivity index (χ3v) is 3.50. The van der Waals surface area contributed by atoms with Crippen molar-refractivity contribution in [2.75, 3.05) is 27.3 Å². The lowest BCUT2D eigenvalue weighted by Crippen LogP contribution is -2.26. The van der Waals surface area contributed by atoms with Gasteiger partial charge in [0.1, 0.15) is 11.5 Å². The van der Waals surface area contributed by atoms with E-state index in [1.807, 2.05) is 12.1 Å². The minimum atomic E-state index is 0. The number of aryl methyl sites for hydroxylation is 1. The van der Waals surface area contributed by atoms with Gasteiger partial charge in [0, 0.05) is 42.7 Å². The second kappa shape index (κ2) is 9.27. The summed E-state index contributed by atoms with van der Waals surface area (Å²) in [6, 6.07) is 5.90. The molecule has 7 heteroatoms. The topological polar surface area (TPSA) is 89.4 Å². The number of nitrogens with one attached hydrogen (secondary N) is 2. The van der Waals surface area contributed by atoms with Gasteiger partial charge < -0.3 is 25.5 Å². The Balaban J connectivity index is 0.00000264. The average molecular weight is 342 g/mol. The number of ether oxygens (including phenoxy) is 2. The van der Waals surface area contributed by atoms with Crippen molar-refractivity contribution in [3.8, 4) is 11.5 Å². The molecule has 0 aliphatic carbocycles.